The number of unbranched alkanes of at least 4 members (excludes halogenated alkanes) is 46. The highest BCUT2D eigenvalue weighted by molar-refractivity contribution is 5.77. The smallest absolute Gasteiger partial charge is 0.305 e. The molecule has 14 nitrogen and oxygen atoms in total. The van der Waals surface area contributed by atoms with Crippen LogP contribution in [0.3, 0.4) is 0 Å². The summed E-state index contributed by atoms with van der Waals surface area (Å²) in [6.45, 7) is 35.9. The molecule has 2 amide bonds. The number of rotatable bonds is 110. The van der Waals surface area contributed by atoms with Gasteiger partial charge in [-0.2, -0.15) is 0 Å². The van der Waals surface area contributed by atoms with Gasteiger partial charge < -0.3 is 38.5 Å². The first-order chi connectivity index (χ1) is 67.0. The van der Waals surface area contributed by atoms with Crippen LogP contribution in [-0.4, -0.2) is 147 Å². The molecule has 7 unspecified atom stereocenters. The molecule has 0 aromatic carbocycles. The number of carbonyl (C=O) groups excluding carboxylic acids is 6. The molecule has 0 bridgehead atoms. The molecule has 0 rings (SSSR count). The fraction of sp³-hybridized carbons (Fsp3) is 0.951. The normalized spacial score (nSPS) is 13.5. The lowest BCUT2D eigenvalue weighted by molar-refractivity contribution is -0.146. The van der Waals surface area contributed by atoms with Crippen molar-refractivity contribution in [3.8, 4) is 0 Å². The Labute approximate surface area is 854 Å². The maximum absolute atomic E-state index is 14.9. The molecule has 0 saturated heterocycles. The lowest BCUT2D eigenvalue weighted by Gasteiger charge is -2.35. The summed E-state index contributed by atoms with van der Waals surface area (Å²) in [6, 6.07) is 0.552. The van der Waals surface area contributed by atoms with E-state index in [1.54, 1.807) is 0 Å². The van der Waals surface area contributed by atoms with Crippen molar-refractivity contribution in [3.05, 3.63) is 0 Å². The van der Waals surface area contributed by atoms with Gasteiger partial charge in [0.15, 0.2) is 0 Å². The van der Waals surface area contributed by atoms with Crippen LogP contribution in [0, 0.1) is 35.5 Å². The molecular formula is C123H240N4O10. The minimum atomic E-state index is -0.0126. The van der Waals surface area contributed by atoms with E-state index in [0.29, 0.717) is 112 Å². The zero-order valence-electron chi connectivity index (χ0n) is 94.7. The van der Waals surface area contributed by atoms with Gasteiger partial charge in [0.25, 0.3) is 0 Å². The first-order valence-corrected chi connectivity index (χ1v) is 61.5. The summed E-state index contributed by atoms with van der Waals surface area (Å²) < 4.78 is 23.9. The Morgan fingerprint density at radius 2 is 0.431 bits per heavy atom. The minimum absolute atomic E-state index is 0.0107. The number of amides is 2. The number of hydrogen-bond donors (Lipinski definition) is 0. The molecular weight excluding hydrogens is 1690 g/mol. The Morgan fingerprint density at radius 3 is 0.759 bits per heavy atom. The van der Waals surface area contributed by atoms with E-state index in [1.807, 2.05) is 0 Å². The average Bonchev–Trinajstić information content (AvgIpc) is 0.861. The summed E-state index contributed by atoms with van der Waals surface area (Å²) in [5, 5.41) is 0. The lowest BCUT2D eigenvalue weighted by Crippen LogP contribution is -2.43. The third-order valence-corrected chi connectivity index (χ3v) is 30.6. The van der Waals surface area contributed by atoms with E-state index in [9.17, 15) is 28.8 Å². The van der Waals surface area contributed by atoms with Crippen molar-refractivity contribution in [1.82, 2.24) is 19.6 Å². The second-order valence-electron chi connectivity index (χ2n) is 44.1. The zero-order valence-corrected chi connectivity index (χ0v) is 94.7. The molecule has 0 aliphatic heterocycles. The van der Waals surface area contributed by atoms with Crippen molar-refractivity contribution in [2.24, 2.45) is 35.5 Å². The molecule has 812 valence electrons. The summed E-state index contributed by atoms with van der Waals surface area (Å²) in [4.78, 5) is 91.2. The summed E-state index contributed by atoms with van der Waals surface area (Å²) in [6.07, 6.45) is 95.6. The predicted molar refractivity (Wildman–Crippen MR) is 591 cm³/mol. The van der Waals surface area contributed by atoms with Crippen LogP contribution in [0.5, 0.6) is 0 Å². The van der Waals surface area contributed by atoms with Gasteiger partial charge in [0.2, 0.25) is 11.8 Å². The molecule has 0 aromatic rings. The van der Waals surface area contributed by atoms with E-state index in [4.69, 9.17) is 18.9 Å². The first kappa shape index (κ1) is 134. The van der Waals surface area contributed by atoms with Gasteiger partial charge in [-0.1, -0.05) is 443 Å². The maximum atomic E-state index is 14.9. The van der Waals surface area contributed by atoms with E-state index < -0.39 is 0 Å². The molecule has 0 fully saturated rings. The Kier molecular flexibility index (Phi) is 100. The van der Waals surface area contributed by atoms with Crippen LogP contribution in [0.25, 0.3) is 0 Å². The molecule has 7 atom stereocenters. The Morgan fingerprint density at radius 1 is 0.197 bits per heavy atom. The van der Waals surface area contributed by atoms with E-state index >= 15 is 0 Å². The zero-order chi connectivity index (χ0) is 100. The van der Waals surface area contributed by atoms with Gasteiger partial charge in [0.05, 0.1) is 26.4 Å². The highest BCUT2D eigenvalue weighted by Crippen LogP contribution is 2.32. The van der Waals surface area contributed by atoms with E-state index in [-0.39, 0.29) is 36.0 Å². The number of carbonyl (C=O) groups is 6. The molecule has 0 aliphatic rings. The molecule has 0 radical (unpaired) electrons. The van der Waals surface area contributed by atoms with E-state index in [2.05, 4.69) is 117 Å². The molecule has 0 N–H and O–H groups in total. The van der Waals surface area contributed by atoms with Crippen molar-refractivity contribution in [2.75, 3.05) is 79.8 Å². The third-order valence-electron chi connectivity index (χ3n) is 30.6. The molecule has 14 heteroatoms. The van der Waals surface area contributed by atoms with Crippen LogP contribution >= 0.6 is 0 Å². The number of esters is 4. The molecule has 0 heterocycles. The lowest BCUT2D eigenvalue weighted by atomic mass is 9.86. The van der Waals surface area contributed by atoms with Gasteiger partial charge in [-0.3, -0.25) is 28.8 Å². The SMILES string of the molecule is CCCCCCC(CCCC)COC(=O)CCCCCCCCC(CCCCCCCCC(=O)OCC(CCCC)CCCCCC)N(CCCCCCCCCCC(CC)CC(CCCCCC)COC(=O)CCCCCCCCC(CCCCCCCCC(=O)OCC(CCCC)CCCCCC)N(CC(CC)CCCC)C(=O)CCCN(C)C)C(=O)CCCCN(CCCC)CCCC. The largest absolute Gasteiger partial charge is 0.465 e. The van der Waals surface area contributed by atoms with Crippen molar-refractivity contribution in [3.63, 3.8) is 0 Å². The Hall–Kier alpha value is -3.26. The minimum Gasteiger partial charge on any atom is -0.465 e. The number of ether oxygens (including phenoxy) is 4. The monoisotopic (exact) mass is 1930 g/mol. The van der Waals surface area contributed by atoms with Crippen molar-refractivity contribution in [2.45, 2.75) is 641 Å². The van der Waals surface area contributed by atoms with Gasteiger partial charge in [0, 0.05) is 63.7 Å². The molecule has 0 aliphatic carbocycles. The summed E-state index contributed by atoms with van der Waals surface area (Å²) >= 11 is 0. The van der Waals surface area contributed by atoms with Crippen LogP contribution in [0.15, 0.2) is 0 Å². The fourth-order valence-corrected chi connectivity index (χ4v) is 21.0. The number of hydrogen-bond acceptors (Lipinski definition) is 12. The highest BCUT2D eigenvalue weighted by atomic mass is 16.5. The van der Waals surface area contributed by atoms with Gasteiger partial charge in [-0.05, 0) is 223 Å². The van der Waals surface area contributed by atoms with Crippen molar-refractivity contribution in [1.29, 1.82) is 0 Å². The summed E-state index contributed by atoms with van der Waals surface area (Å²) in [7, 11) is 4.22. The highest BCUT2D eigenvalue weighted by Gasteiger charge is 2.28. The molecule has 0 spiro atoms. The Bertz CT molecular complexity index is 2520. The second kappa shape index (κ2) is 103. The quantitative estimate of drug-likeness (QED) is 0.0324. The third kappa shape index (κ3) is 85.7. The van der Waals surface area contributed by atoms with E-state index in [0.717, 1.165) is 225 Å². The van der Waals surface area contributed by atoms with Gasteiger partial charge in [0.1, 0.15) is 0 Å². The summed E-state index contributed by atoms with van der Waals surface area (Å²) in [5.74, 6) is 3.84. The van der Waals surface area contributed by atoms with Crippen LogP contribution in [0.4, 0.5) is 0 Å². The van der Waals surface area contributed by atoms with Crippen LogP contribution in [0.2, 0.25) is 0 Å². The van der Waals surface area contributed by atoms with Gasteiger partial charge >= 0.3 is 23.9 Å². The standard InChI is InChI=1S/C123H240N4O10/c1-15-27-37-63-85-112(81-32-20-6)106-134-120(130)95-72-58-48-44-54-68-89-116(90-69-55-45-49-59-73-96-121(131)135-107-113(82-33-21-7)86-64-38-28-16-2)126(118(128)93-76-78-102-125(100-35-23-9)101-36-24-10)103-77-62-52-42-41-43-53-67-84-110(25-11)104-115(88-66-40-30-18-4)109-137-123(133)98-75-61-51-47-57-71-92-117(127(105-111(26-12)80-31-19-5)119(129)94-79-99-124(13)14)91-70-56-46-50-60-74-97-122(132)136-108-114(83-34-22-8)87-65-39-29-17-3/h110-117H,15-109H2,1-14H3. The average molecular weight is 1940 g/mol. The van der Waals surface area contributed by atoms with Crippen LogP contribution in [-0.2, 0) is 47.7 Å². The fourth-order valence-electron chi connectivity index (χ4n) is 21.0. The molecule has 0 aromatic heterocycles. The van der Waals surface area contributed by atoms with Gasteiger partial charge in [-0.15, -0.1) is 0 Å². The Balaban J connectivity index is 5.90. The first-order valence-electron chi connectivity index (χ1n) is 61.5. The van der Waals surface area contributed by atoms with Crippen molar-refractivity contribution < 1.29 is 47.7 Å². The maximum Gasteiger partial charge on any atom is 0.305 e. The molecule has 137 heavy (non-hydrogen) atoms. The van der Waals surface area contributed by atoms with Crippen molar-refractivity contribution >= 4 is 35.7 Å². The predicted octanol–water partition coefficient (Wildman–Crippen LogP) is 36.5. The van der Waals surface area contributed by atoms with E-state index in [1.165, 1.54) is 321 Å². The van der Waals surface area contributed by atoms with Crippen LogP contribution in [0.1, 0.15) is 629 Å². The summed E-state index contributed by atoms with van der Waals surface area (Å²) in [5.41, 5.74) is 0. The van der Waals surface area contributed by atoms with Crippen LogP contribution < -0.4 is 0 Å². The van der Waals surface area contributed by atoms with Gasteiger partial charge in [-0.25, -0.2) is 0 Å². The number of nitrogens with zero attached hydrogens (tertiary/aromatic N) is 4. The second-order valence-corrected chi connectivity index (χ2v) is 44.1. The topological polar surface area (TPSA) is 152 Å². The molecule has 0 saturated carbocycles.